The molecule has 0 heterocycles. The lowest BCUT2D eigenvalue weighted by Gasteiger charge is -2.19. The van der Waals surface area contributed by atoms with E-state index in [1.165, 1.54) is 0 Å². The van der Waals surface area contributed by atoms with Gasteiger partial charge in [0.1, 0.15) is 11.4 Å². The standard InChI is InChI=1S/C17H25ClN2O4/c1-17(2,3)24-16(22)20-10-5-9-19-15(21)8-11-23-14-7-4-6-13(18)12-14/h4,6-7,12H,5,8-11H2,1-3H3,(H,19,21)(H,20,22). The van der Waals surface area contributed by atoms with Crippen LogP contribution in [0.25, 0.3) is 0 Å². The van der Waals surface area contributed by atoms with Gasteiger partial charge in [0.05, 0.1) is 13.0 Å². The van der Waals surface area contributed by atoms with Crippen molar-refractivity contribution < 1.29 is 19.1 Å². The summed E-state index contributed by atoms with van der Waals surface area (Å²) in [4.78, 5) is 23.1. The zero-order valence-corrected chi connectivity index (χ0v) is 15.1. The molecular weight excluding hydrogens is 332 g/mol. The SMILES string of the molecule is CC(C)(C)OC(=O)NCCCNC(=O)CCOc1cccc(Cl)c1. The number of amides is 2. The second kappa shape index (κ2) is 10.0. The maximum atomic E-state index is 11.7. The molecule has 0 aromatic heterocycles. The lowest BCUT2D eigenvalue weighted by molar-refractivity contribution is -0.121. The summed E-state index contributed by atoms with van der Waals surface area (Å²) < 4.78 is 10.5. The molecule has 0 atom stereocenters. The topological polar surface area (TPSA) is 76.7 Å². The van der Waals surface area contributed by atoms with Crippen LogP contribution >= 0.6 is 11.6 Å². The third kappa shape index (κ3) is 9.94. The highest BCUT2D eigenvalue weighted by Crippen LogP contribution is 2.17. The third-order valence-electron chi connectivity index (χ3n) is 2.74. The molecule has 0 unspecified atom stereocenters. The van der Waals surface area contributed by atoms with Gasteiger partial charge in [0.15, 0.2) is 0 Å². The lowest BCUT2D eigenvalue weighted by atomic mass is 10.2. The summed E-state index contributed by atoms with van der Waals surface area (Å²) in [6.07, 6.45) is 0.426. The second-order valence-electron chi connectivity index (χ2n) is 6.19. The minimum Gasteiger partial charge on any atom is -0.493 e. The summed E-state index contributed by atoms with van der Waals surface area (Å²) in [6, 6.07) is 7.02. The smallest absolute Gasteiger partial charge is 0.407 e. The van der Waals surface area contributed by atoms with Crippen LogP contribution in [-0.2, 0) is 9.53 Å². The number of nitrogens with one attached hydrogen (secondary N) is 2. The van der Waals surface area contributed by atoms with Crippen molar-refractivity contribution in [1.29, 1.82) is 0 Å². The first-order valence-corrected chi connectivity index (χ1v) is 8.26. The number of carbonyl (C=O) groups excluding carboxylic acids is 2. The number of alkyl carbamates (subject to hydrolysis) is 1. The molecule has 1 aromatic rings. The van der Waals surface area contributed by atoms with Crippen LogP contribution in [0, 0.1) is 0 Å². The van der Waals surface area contributed by atoms with Gasteiger partial charge < -0.3 is 20.1 Å². The van der Waals surface area contributed by atoms with E-state index in [1.807, 2.05) is 0 Å². The van der Waals surface area contributed by atoms with Crippen LogP contribution in [0.15, 0.2) is 24.3 Å². The van der Waals surface area contributed by atoms with Crippen LogP contribution in [0.3, 0.4) is 0 Å². The number of hydrogen-bond acceptors (Lipinski definition) is 4. The molecule has 6 nitrogen and oxygen atoms in total. The second-order valence-corrected chi connectivity index (χ2v) is 6.62. The van der Waals surface area contributed by atoms with Crippen molar-refractivity contribution in [2.45, 2.75) is 39.2 Å². The van der Waals surface area contributed by atoms with Gasteiger partial charge in [0.25, 0.3) is 0 Å². The van der Waals surface area contributed by atoms with Crippen molar-refractivity contribution >= 4 is 23.6 Å². The van der Waals surface area contributed by atoms with Gasteiger partial charge in [-0.3, -0.25) is 4.79 Å². The van der Waals surface area contributed by atoms with E-state index >= 15 is 0 Å². The molecule has 24 heavy (non-hydrogen) atoms. The quantitative estimate of drug-likeness (QED) is 0.701. The van der Waals surface area contributed by atoms with E-state index in [0.717, 1.165) is 0 Å². The van der Waals surface area contributed by atoms with Gasteiger partial charge in [-0.15, -0.1) is 0 Å². The fraction of sp³-hybridized carbons (Fsp3) is 0.529. The predicted molar refractivity (Wildman–Crippen MR) is 93.4 cm³/mol. The molecule has 0 spiro atoms. The van der Waals surface area contributed by atoms with Crippen LogP contribution in [0.1, 0.15) is 33.6 Å². The zero-order chi connectivity index (χ0) is 18.0. The zero-order valence-electron chi connectivity index (χ0n) is 14.4. The first-order chi connectivity index (χ1) is 11.3. The first kappa shape index (κ1) is 20.1. The normalized spacial score (nSPS) is 10.8. The Morgan fingerprint density at radius 1 is 1.17 bits per heavy atom. The fourth-order valence-corrected chi connectivity index (χ4v) is 1.91. The molecule has 0 bridgehead atoms. The highest BCUT2D eigenvalue weighted by atomic mass is 35.5. The molecule has 7 heteroatoms. The molecule has 0 radical (unpaired) electrons. The Labute approximate surface area is 147 Å². The van der Waals surface area contributed by atoms with Crippen LogP contribution in [0.5, 0.6) is 5.75 Å². The number of ether oxygens (including phenoxy) is 2. The highest BCUT2D eigenvalue weighted by molar-refractivity contribution is 6.30. The summed E-state index contributed by atoms with van der Waals surface area (Å²) in [7, 11) is 0. The summed E-state index contributed by atoms with van der Waals surface area (Å²) in [6.45, 7) is 6.61. The Kier molecular flexibility index (Phi) is 8.40. The van der Waals surface area contributed by atoms with E-state index in [2.05, 4.69) is 10.6 Å². The average molecular weight is 357 g/mol. The maximum Gasteiger partial charge on any atom is 0.407 e. The molecular formula is C17H25ClN2O4. The largest absolute Gasteiger partial charge is 0.493 e. The molecule has 1 aromatic carbocycles. The van der Waals surface area contributed by atoms with Crippen molar-refractivity contribution in [2.75, 3.05) is 19.7 Å². The van der Waals surface area contributed by atoms with E-state index in [9.17, 15) is 9.59 Å². The van der Waals surface area contributed by atoms with Crippen molar-refractivity contribution in [3.05, 3.63) is 29.3 Å². The monoisotopic (exact) mass is 356 g/mol. The first-order valence-electron chi connectivity index (χ1n) is 7.88. The van der Waals surface area contributed by atoms with Crippen molar-refractivity contribution in [3.8, 4) is 5.75 Å². The summed E-state index contributed by atoms with van der Waals surface area (Å²) in [5.74, 6) is 0.533. The van der Waals surface area contributed by atoms with Gasteiger partial charge in [0.2, 0.25) is 5.91 Å². The lowest BCUT2D eigenvalue weighted by Crippen LogP contribution is -2.34. The summed E-state index contributed by atoms with van der Waals surface area (Å²) >= 11 is 5.84. The molecule has 0 saturated carbocycles. The predicted octanol–water partition coefficient (Wildman–Crippen LogP) is 3.14. The molecule has 2 amide bonds. The number of hydrogen-bond donors (Lipinski definition) is 2. The Balaban J connectivity index is 2.05. The highest BCUT2D eigenvalue weighted by Gasteiger charge is 2.15. The van der Waals surface area contributed by atoms with Crippen LogP contribution < -0.4 is 15.4 Å². The van der Waals surface area contributed by atoms with E-state index < -0.39 is 11.7 Å². The van der Waals surface area contributed by atoms with Gasteiger partial charge in [0, 0.05) is 18.1 Å². The minimum atomic E-state index is -0.513. The van der Waals surface area contributed by atoms with E-state index in [0.29, 0.717) is 30.3 Å². The fourth-order valence-electron chi connectivity index (χ4n) is 1.73. The number of halogens is 1. The number of carbonyl (C=O) groups is 2. The maximum absolute atomic E-state index is 11.7. The van der Waals surface area contributed by atoms with Gasteiger partial charge in [-0.1, -0.05) is 17.7 Å². The summed E-state index contributed by atoms with van der Waals surface area (Å²) in [5, 5.41) is 5.99. The van der Waals surface area contributed by atoms with E-state index in [1.54, 1.807) is 45.0 Å². The van der Waals surface area contributed by atoms with Gasteiger partial charge in [-0.2, -0.15) is 0 Å². The molecule has 134 valence electrons. The molecule has 0 fully saturated rings. The van der Waals surface area contributed by atoms with E-state index in [4.69, 9.17) is 21.1 Å². The van der Waals surface area contributed by atoms with Crippen molar-refractivity contribution in [1.82, 2.24) is 10.6 Å². The Morgan fingerprint density at radius 2 is 1.88 bits per heavy atom. The Bertz CT molecular complexity index is 544. The van der Waals surface area contributed by atoms with Crippen LogP contribution in [0.4, 0.5) is 4.79 Å². The number of rotatable bonds is 8. The molecule has 0 saturated heterocycles. The van der Waals surface area contributed by atoms with Gasteiger partial charge in [-0.05, 0) is 45.4 Å². The molecule has 1 rings (SSSR count). The third-order valence-corrected chi connectivity index (χ3v) is 2.97. The van der Waals surface area contributed by atoms with E-state index in [-0.39, 0.29) is 18.9 Å². The van der Waals surface area contributed by atoms with Gasteiger partial charge >= 0.3 is 6.09 Å². The Morgan fingerprint density at radius 3 is 2.54 bits per heavy atom. The summed E-state index contributed by atoms with van der Waals surface area (Å²) in [5.41, 5.74) is -0.513. The molecule has 0 aliphatic carbocycles. The average Bonchev–Trinajstić information content (AvgIpc) is 2.45. The Hall–Kier alpha value is -1.95. The number of benzene rings is 1. The molecule has 2 N–H and O–H groups in total. The molecule has 0 aliphatic heterocycles. The van der Waals surface area contributed by atoms with Crippen LogP contribution in [0.2, 0.25) is 5.02 Å². The van der Waals surface area contributed by atoms with Crippen molar-refractivity contribution in [3.63, 3.8) is 0 Å². The minimum absolute atomic E-state index is 0.103. The van der Waals surface area contributed by atoms with Crippen molar-refractivity contribution in [2.24, 2.45) is 0 Å². The van der Waals surface area contributed by atoms with Gasteiger partial charge in [-0.25, -0.2) is 4.79 Å². The van der Waals surface area contributed by atoms with Crippen LogP contribution in [-0.4, -0.2) is 37.3 Å². The molecule has 0 aliphatic rings.